The van der Waals surface area contributed by atoms with E-state index in [0.29, 0.717) is 17.9 Å². The molecule has 7 nitrogen and oxygen atoms in total. The van der Waals surface area contributed by atoms with Gasteiger partial charge in [-0.05, 0) is 63.8 Å². The summed E-state index contributed by atoms with van der Waals surface area (Å²) in [5.41, 5.74) is 0.482. The predicted octanol–water partition coefficient (Wildman–Crippen LogP) is 2.50. The summed E-state index contributed by atoms with van der Waals surface area (Å²) in [6.07, 6.45) is 4.34. The van der Waals surface area contributed by atoms with Crippen LogP contribution in [-0.4, -0.2) is 54.4 Å². The molecular weight excluding hydrogens is 370 g/mol. The van der Waals surface area contributed by atoms with Crippen LogP contribution >= 0.6 is 0 Å². The fourth-order valence-electron chi connectivity index (χ4n) is 3.58. The Morgan fingerprint density at radius 1 is 1.03 bits per heavy atom. The molecule has 0 radical (unpaired) electrons. The number of likely N-dealkylation sites (tertiary alicyclic amines) is 1. The molecule has 1 aromatic carbocycles. The first-order valence-corrected chi connectivity index (χ1v) is 10.5. The highest BCUT2D eigenvalue weighted by Gasteiger charge is 2.28. The molecule has 2 N–H and O–H groups in total. The Labute approximate surface area is 173 Å². The summed E-state index contributed by atoms with van der Waals surface area (Å²) >= 11 is 0. The van der Waals surface area contributed by atoms with Gasteiger partial charge in [0.2, 0.25) is 5.91 Å². The molecule has 1 aliphatic rings. The van der Waals surface area contributed by atoms with Gasteiger partial charge in [-0.1, -0.05) is 6.92 Å². The van der Waals surface area contributed by atoms with Crippen LogP contribution in [0, 0.1) is 0 Å². The number of amides is 3. The molecule has 2 atom stereocenters. The Balaban J connectivity index is 1.77. The van der Waals surface area contributed by atoms with E-state index >= 15 is 0 Å². The largest absolute Gasteiger partial charge is 0.484 e. The zero-order valence-electron chi connectivity index (χ0n) is 17.7. The molecule has 2 unspecified atom stereocenters. The number of carbonyl (C=O) groups excluding carboxylic acids is 3. The maximum absolute atomic E-state index is 12.5. The molecule has 0 saturated carbocycles. The van der Waals surface area contributed by atoms with Gasteiger partial charge in [-0.3, -0.25) is 14.4 Å². The van der Waals surface area contributed by atoms with E-state index in [1.165, 1.54) is 0 Å². The van der Waals surface area contributed by atoms with Crippen molar-refractivity contribution in [3.63, 3.8) is 0 Å². The molecule has 1 aromatic rings. The van der Waals surface area contributed by atoms with Gasteiger partial charge >= 0.3 is 0 Å². The van der Waals surface area contributed by atoms with E-state index in [2.05, 4.69) is 24.5 Å². The van der Waals surface area contributed by atoms with Crippen LogP contribution in [0.5, 0.6) is 5.75 Å². The van der Waals surface area contributed by atoms with Crippen molar-refractivity contribution < 1.29 is 19.1 Å². The van der Waals surface area contributed by atoms with Gasteiger partial charge in [0.15, 0.2) is 6.61 Å². The minimum atomic E-state index is -0.244. The minimum absolute atomic E-state index is 0.00660. The number of hydrogen-bond acceptors (Lipinski definition) is 4. The van der Waals surface area contributed by atoms with Crippen molar-refractivity contribution in [3.8, 4) is 5.75 Å². The van der Waals surface area contributed by atoms with Gasteiger partial charge in [0.25, 0.3) is 11.8 Å². The molecule has 1 heterocycles. The average molecular weight is 404 g/mol. The van der Waals surface area contributed by atoms with E-state index in [0.717, 1.165) is 25.7 Å². The summed E-state index contributed by atoms with van der Waals surface area (Å²) in [4.78, 5) is 38.1. The summed E-state index contributed by atoms with van der Waals surface area (Å²) in [5.74, 6) is 0.226. The maximum Gasteiger partial charge on any atom is 0.260 e. The Hall–Kier alpha value is -2.57. The van der Waals surface area contributed by atoms with Crippen molar-refractivity contribution in [2.24, 2.45) is 0 Å². The van der Waals surface area contributed by atoms with Gasteiger partial charge in [0.1, 0.15) is 5.75 Å². The Kier molecular flexibility index (Phi) is 8.96. The number of benzene rings is 1. The molecule has 0 aromatic heterocycles. The van der Waals surface area contributed by atoms with E-state index in [1.54, 1.807) is 24.3 Å². The first-order valence-electron chi connectivity index (χ1n) is 10.5. The topological polar surface area (TPSA) is 87.7 Å². The summed E-state index contributed by atoms with van der Waals surface area (Å²) < 4.78 is 5.63. The van der Waals surface area contributed by atoms with Crippen LogP contribution in [0.15, 0.2) is 24.3 Å². The van der Waals surface area contributed by atoms with Gasteiger partial charge in [-0.2, -0.15) is 0 Å². The van der Waals surface area contributed by atoms with Crippen LogP contribution in [0.4, 0.5) is 0 Å². The molecule has 160 valence electrons. The SMILES string of the molecule is CCCNC(=O)CCNC(=O)c1ccc(OCC(=O)N2C(C)CCCC2C)cc1. The van der Waals surface area contributed by atoms with Gasteiger partial charge in [0, 0.05) is 37.2 Å². The van der Waals surface area contributed by atoms with E-state index in [-0.39, 0.29) is 49.4 Å². The van der Waals surface area contributed by atoms with Crippen LogP contribution < -0.4 is 15.4 Å². The highest BCUT2D eigenvalue weighted by molar-refractivity contribution is 5.94. The van der Waals surface area contributed by atoms with E-state index in [4.69, 9.17) is 4.74 Å². The molecule has 7 heteroatoms. The predicted molar refractivity (Wildman–Crippen MR) is 112 cm³/mol. The molecule has 2 rings (SSSR count). The fourth-order valence-corrected chi connectivity index (χ4v) is 3.58. The molecule has 0 spiro atoms. The third kappa shape index (κ3) is 7.07. The molecular formula is C22H33N3O4. The molecule has 1 saturated heterocycles. The lowest BCUT2D eigenvalue weighted by Crippen LogP contribution is -2.49. The average Bonchev–Trinajstić information content (AvgIpc) is 2.71. The minimum Gasteiger partial charge on any atom is -0.484 e. The van der Waals surface area contributed by atoms with Crippen molar-refractivity contribution >= 4 is 17.7 Å². The van der Waals surface area contributed by atoms with Crippen LogP contribution in [-0.2, 0) is 9.59 Å². The third-order valence-electron chi connectivity index (χ3n) is 5.17. The smallest absolute Gasteiger partial charge is 0.260 e. The Morgan fingerprint density at radius 3 is 2.31 bits per heavy atom. The van der Waals surface area contributed by atoms with Gasteiger partial charge in [-0.15, -0.1) is 0 Å². The lowest BCUT2D eigenvalue weighted by atomic mass is 9.97. The van der Waals surface area contributed by atoms with E-state index in [1.807, 2.05) is 11.8 Å². The van der Waals surface area contributed by atoms with E-state index in [9.17, 15) is 14.4 Å². The normalized spacial score (nSPS) is 18.8. The lowest BCUT2D eigenvalue weighted by molar-refractivity contribution is -0.139. The highest BCUT2D eigenvalue weighted by atomic mass is 16.5. The molecule has 0 aliphatic carbocycles. The number of carbonyl (C=O) groups is 3. The fraction of sp³-hybridized carbons (Fsp3) is 0.591. The van der Waals surface area contributed by atoms with Crippen molar-refractivity contribution in [2.75, 3.05) is 19.7 Å². The molecule has 3 amide bonds. The molecule has 29 heavy (non-hydrogen) atoms. The monoisotopic (exact) mass is 403 g/mol. The Bertz CT molecular complexity index is 680. The van der Waals surface area contributed by atoms with Gasteiger partial charge in [0.05, 0.1) is 0 Å². The second-order valence-electron chi connectivity index (χ2n) is 7.60. The summed E-state index contributed by atoms with van der Waals surface area (Å²) in [6, 6.07) is 7.14. The van der Waals surface area contributed by atoms with Crippen LogP contribution in [0.25, 0.3) is 0 Å². The third-order valence-corrected chi connectivity index (χ3v) is 5.17. The van der Waals surface area contributed by atoms with Crippen molar-refractivity contribution in [2.45, 2.75) is 65.0 Å². The Morgan fingerprint density at radius 2 is 1.69 bits per heavy atom. The molecule has 0 bridgehead atoms. The quantitative estimate of drug-likeness (QED) is 0.663. The number of piperidine rings is 1. The van der Waals surface area contributed by atoms with Crippen molar-refractivity contribution in [3.05, 3.63) is 29.8 Å². The second kappa shape index (κ2) is 11.4. The van der Waals surface area contributed by atoms with Crippen LogP contribution in [0.1, 0.15) is 63.2 Å². The number of hydrogen-bond donors (Lipinski definition) is 2. The zero-order valence-corrected chi connectivity index (χ0v) is 17.7. The summed E-state index contributed by atoms with van der Waals surface area (Å²) in [5, 5.41) is 5.49. The van der Waals surface area contributed by atoms with Crippen LogP contribution in [0.3, 0.4) is 0 Å². The first-order chi connectivity index (χ1) is 13.9. The molecule has 1 fully saturated rings. The lowest BCUT2D eigenvalue weighted by Gasteiger charge is -2.38. The van der Waals surface area contributed by atoms with Crippen molar-refractivity contribution in [1.29, 1.82) is 0 Å². The summed E-state index contributed by atoms with van der Waals surface area (Å²) in [6.45, 7) is 7.07. The number of nitrogens with one attached hydrogen (secondary N) is 2. The maximum atomic E-state index is 12.5. The van der Waals surface area contributed by atoms with Crippen molar-refractivity contribution in [1.82, 2.24) is 15.5 Å². The van der Waals surface area contributed by atoms with Gasteiger partial charge < -0.3 is 20.3 Å². The molecule has 1 aliphatic heterocycles. The second-order valence-corrected chi connectivity index (χ2v) is 7.60. The standard InChI is InChI=1S/C22H33N3O4/c1-4-13-23-20(26)12-14-24-22(28)18-8-10-19(11-9-18)29-15-21(27)25-16(2)6-5-7-17(25)3/h8-11,16-17H,4-7,12-15H2,1-3H3,(H,23,26)(H,24,28). The zero-order chi connectivity index (χ0) is 21.2. The number of rotatable bonds is 9. The van der Waals surface area contributed by atoms with E-state index < -0.39 is 0 Å². The highest BCUT2D eigenvalue weighted by Crippen LogP contribution is 2.23. The summed E-state index contributed by atoms with van der Waals surface area (Å²) in [7, 11) is 0. The number of nitrogens with zero attached hydrogens (tertiary/aromatic N) is 1. The number of ether oxygens (including phenoxy) is 1. The first kappa shape index (κ1) is 22.7. The van der Waals surface area contributed by atoms with Crippen LogP contribution in [0.2, 0.25) is 0 Å². The van der Waals surface area contributed by atoms with Gasteiger partial charge in [-0.25, -0.2) is 0 Å².